The molecule has 1 aliphatic heterocycles. The summed E-state index contributed by atoms with van der Waals surface area (Å²) in [7, 11) is 0. The second kappa shape index (κ2) is 3.05. The van der Waals surface area contributed by atoms with Crippen molar-refractivity contribution in [1.82, 2.24) is 5.32 Å². The van der Waals surface area contributed by atoms with Crippen LogP contribution in [0.4, 0.5) is 0 Å². The van der Waals surface area contributed by atoms with E-state index in [2.05, 4.69) is 11.9 Å². The molecule has 3 heteroatoms. The van der Waals surface area contributed by atoms with Crippen LogP contribution in [-0.4, -0.2) is 23.2 Å². The van der Waals surface area contributed by atoms with Crippen LogP contribution in [0.5, 0.6) is 0 Å². The largest absolute Gasteiger partial charge is 0.394 e. The summed E-state index contributed by atoms with van der Waals surface area (Å²) in [6.45, 7) is 3.58. The average molecular weight is 155 g/mol. The SMILES string of the molecule is C=CC[C@]1(CO)CCC(=O)N1. The van der Waals surface area contributed by atoms with Gasteiger partial charge in [-0.3, -0.25) is 4.79 Å². The van der Waals surface area contributed by atoms with E-state index in [0.717, 1.165) is 0 Å². The molecule has 1 aliphatic rings. The van der Waals surface area contributed by atoms with Gasteiger partial charge in [0, 0.05) is 6.42 Å². The first-order chi connectivity index (χ1) is 5.22. The van der Waals surface area contributed by atoms with Crippen molar-refractivity contribution in [1.29, 1.82) is 0 Å². The lowest BCUT2D eigenvalue weighted by Gasteiger charge is -2.24. The number of carbonyl (C=O) groups excluding carboxylic acids is 1. The Labute approximate surface area is 66.1 Å². The maximum absolute atomic E-state index is 10.8. The van der Waals surface area contributed by atoms with Crippen LogP contribution in [-0.2, 0) is 4.79 Å². The molecule has 0 aromatic rings. The normalized spacial score (nSPS) is 30.1. The van der Waals surface area contributed by atoms with E-state index in [-0.39, 0.29) is 12.5 Å². The van der Waals surface area contributed by atoms with E-state index in [1.165, 1.54) is 0 Å². The molecule has 1 heterocycles. The minimum Gasteiger partial charge on any atom is -0.394 e. The van der Waals surface area contributed by atoms with E-state index in [4.69, 9.17) is 5.11 Å². The van der Waals surface area contributed by atoms with Gasteiger partial charge in [-0.15, -0.1) is 6.58 Å². The number of aliphatic hydroxyl groups is 1. The lowest BCUT2D eigenvalue weighted by molar-refractivity contribution is -0.120. The number of rotatable bonds is 3. The average Bonchev–Trinajstić information content (AvgIpc) is 2.34. The first-order valence-corrected chi connectivity index (χ1v) is 3.75. The molecule has 0 aromatic carbocycles. The molecule has 62 valence electrons. The molecule has 0 spiro atoms. The van der Waals surface area contributed by atoms with Crippen molar-refractivity contribution in [3.05, 3.63) is 12.7 Å². The second-order valence-corrected chi connectivity index (χ2v) is 2.98. The highest BCUT2D eigenvalue weighted by molar-refractivity contribution is 5.79. The minimum atomic E-state index is -0.404. The summed E-state index contributed by atoms with van der Waals surface area (Å²) in [6.07, 6.45) is 3.61. The Morgan fingerprint density at radius 1 is 1.82 bits per heavy atom. The van der Waals surface area contributed by atoms with Crippen molar-refractivity contribution in [2.24, 2.45) is 0 Å². The third-order valence-corrected chi connectivity index (χ3v) is 2.07. The van der Waals surface area contributed by atoms with Crippen LogP contribution >= 0.6 is 0 Å². The van der Waals surface area contributed by atoms with Crippen molar-refractivity contribution in [3.63, 3.8) is 0 Å². The Morgan fingerprint density at radius 3 is 2.91 bits per heavy atom. The van der Waals surface area contributed by atoms with Crippen molar-refractivity contribution < 1.29 is 9.90 Å². The summed E-state index contributed by atoms with van der Waals surface area (Å²) < 4.78 is 0. The van der Waals surface area contributed by atoms with Gasteiger partial charge in [-0.1, -0.05) is 6.08 Å². The van der Waals surface area contributed by atoms with Gasteiger partial charge in [-0.05, 0) is 12.8 Å². The van der Waals surface area contributed by atoms with E-state index < -0.39 is 5.54 Å². The molecule has 1 atom stereocenters. The van der Waals surface area contributed by atoms with E-state index in [9.17, 15) is 4.79 Å². The molecule has 0 aliphatic carbocycles. The highest BCUT2D eigenvalue weighted by atomic mass is 16.3. The fraction of sp³-hybridized carbons (Fsp3) is 0.625. The maximum Gasteiger partial charge on any atom is 0.220 e. The lowest BCUT2D eigenvalue weighted by Crippen LogP contribution is -2.44. The summed E-state index contributed by atoms with van der Waals surface area (Å²) in [5.41, 5.74) is -0.404. The van der Waals surface area contributed by atoms with Crippen molar-refractivity contribution in [2.45, 2.75) is 24.8 Å². The summed E-state index contributed by atoms with van der Waals surface area (Å²) in [5.74, 6) is 0.0286. The van der Waals surface area contributed by atoms with Gasteiger partial charge in [0.25, 0.3) is 0 Å². The molecule has 1 fully saturated rings. The quantitative estimate of drug-likeness (QED) is 0.572. The van der Waals surface area contributed by atoms with Gasteiger partial charge in [-0.25, -0.2) is 0 Å². The first kappa shape index (κ1) is 8.27. The molecule has 0 saturated carbocycles. The Bertz CT molecular complexity index is 179. The molecular weight excluding hydrogens is 142 g/mol. The number of amides is 1. The molecule has 11 heavy (non-hydrogen) atoms. The second-order valence-electron chi connectivity index (χ2n) is 2.98. The van der Waals surface area contributed by atoms with Crippen molar-refractivity contribution in [3.8, 4) is 0 Å². The van der Waals surface area contributed by atoms with Gasteiger partial charge in [0.05, 0.1) is 12.1 Å². The van der Waals surface area contributed by atoms with Gasteiger partial charge in [0.2, 0.25) is 5.91 Å². The lowest BCUT2D eigenvalue weighted by atomic mass is 9.95. The Morgan fingerprint density at radius 2 is 2.55 bits per heavy atom. The van der Waals surface area contributed by atoms with Crippen LogP contribution < -0.4 is 5.32 Å². The van der Waals surface area contributed by atoms with Gasteiger partial charge in [0.1, 0.15) is 0 Å². The monoisotopic (exact) mass is 155 g/mol. The fourth-order valence-electron chi connectivity index (χ4n) is 1.39. The van der Waals surface area contributed by atoms with Gasteiger partial charge in [-0.2, -0.15) is 0 Å². The summed E-state index contributed by atoms with van der Waals surface area (Å²) in [6, 6.07) is 0. The molecule has 1 rings (SSSR count). The molecule has 1 saturated heterocycles. The molecule has 0 bridgehead atoms. The van der Waals surface area contributed by atoms with Crippen LogP contribution in [0.25, 0.3) is 0 Å². The smallest absolute Gasteiger partial charge is 0.220 e. The van der Waals surface area contributed by atoms with Gasteiger partial charge >= 0.3 is 0 Å². The fourth-order valence-corrected chi connectivity index (χ4v) is 1.39. The molecule has 0 radical (unpaired) electrons. The molecule has 0 aromatic heterocycles. The van der Waals surface area contributed by atoms with E-state index >= 15 is 0 Å². The molecular formula is C8H13NO2. The topological polar surface area (TPSA) is 49.3 Å². The number of hydrogen-bond acceptors (Lipinski definition) is 2. The number of hydrogen-bond donors (Lipinski definition) is 2. The minimum absolute atomic E-state index is 0.00472. The Balaban J connectivity index is 2.61. The third-order valence-electron chi connectivity index (χ3n) is 2.07. The highest BCUT2D eigenvalue weighted by Gasteiger charge is 2.35. The van der Waals surface area contributed by atoms with Crippen molar-refractivity contribution in [2.75, 3.05) is 6.61 Å². The predicted molar refractivity (Wildman–Crippen MR) is 42.0 cm³/mol. The van der Waals surface area contributed by atoms with Gasteiger partial charge < -0.3 is 10.4 Å². The van der Waals surface area contributed by atoms with E-state index in [1.54, 1.807) is 6.08 Å². The Hall–Kier alpha value is -0.830. The first-order valence-electron chi connectivity index (χ1n) is 3.75. The zero-order chi connectivity index (χ0) is 8.32. The predicted octanol–water partition coefficient (Wildman–Crippen LogP) is 0.204. The molecule has 0 unspecified atom stereocenters. The third kappa shape index (κ3) is 1.60. The van der Waals surface area contributed by atoms with Crippen LogP contribution in [0, 0.1) is 0 Å². The molecule has 2 N–H and O–H groups in total. The van der Waals surface area contributed by atoms with E-state index in [0.29, 0.717) is 19.3 Å². The standard InChI is InChI=1S/C8H13NO2/c1-2-4-8(6-10)5-3-7(11)9-8/h2,10H,1,3-6H2,(H,9,11)/t8-/m1/s1. The zero-order valence-corrected chi connectivity index (χ0v) is 6.47. The van der Waals surface area contributed by atoms with Crippen LogP contribution in [0.15, 0.2) is 12.7 Å². The Kier molecular flexibility index (Phi) is 2.29. The van der Waals surface area contributed by atoms with Gasteiger partial charge in [0.15, 0.2) is 0 Å². The summed E-state index contributed by atoms with van der Waals surface area (Å²) in [4.78, 5) is 10.8. The molecule has 3 nitrogen and oxygen atoms in total. The summed E-state index contributed by atoms with van der Waals surface area (Å²) in [5, 5.41) is 11.8. The van der Waals surface area contributed by atoms with E-state index in [1.807, 2.05) is 0 Å². The summed E-state index contributed by atoms with van der Waals surface area (Å²) >= 11 is 0. The maximum atomic E-state index is 10.8. The molecule has 1 amide bonds. The number of carbonyl (C=O) groups is 1. The van der Waals surface area contributed by atoms with Crippen LogP contribution in [0.3, 0.4) is 0 Å². The zero-order valence-electron chi connectivity index (χ0n) is 6.47. The highest BCUT2D eigenvalue weighted by Crippen LogP contribution is 2.23. The number of aliphatic hydroxyl groups excluding tert-OH is 1. The van der Waals surface area contributed by atoms with Crippen molar-refractivity contribution >= 4 is 5.91 Å². The van der Waals surface area contributed by atoms with Crippen LogP contribution in [0.2, 0.25) is 0 Å². The van der Waals surface area contributed by atoms with Crippen LogP contribution in [0.1, 0.15) is 19.3 Å². The number of nitrogens with one attached hydrogen (secondary N) is 1.